The van der Waals surface area contributed by atoms with Crippen LogP contribution in [0.3, 0.4) is 0 Å². The highest BCUT2D eigenvalue weighted by molar-refractivity contribution is 5.95. The van der Waals surface area contributed by atoms with Gasteiger partial charge in [-0.15, -0.1) is 0 Å². The topological polar surface area (TPSA) is 52.6 Å². The third-order valence-electron chi connectivity index (χ3n) is 4.50. The Morgan fingerprint density at radius 3 is 2.64 bits per heavy atom. The molecule has 0 bridgehead atoms. The molecule has 2 unspecified atom stereocenters. The molecule has 3 rings (SSSR count). The summed E-state index contributed by atoms with van der Waals surface area (Å²) in [5, 5.41) is 11.8. The lowest BCUT2D eigenvalue weighted by Gasteiger charge is -2.18. The molecule has 4 nitrogen and oxygen atoms in total. The van der Waals surface area contributed by atoms with Crippen molar-refractivity contribution in [1.29, 1.82) is 0 Å². The maximum atomic E-state index is 13.8. The first kappa shape index (κ1) is 17.4. The molecule has 2 aromatic rings. The Kier molecular flexibility index (Phi) is 4.99. The van der Waals surface area contributed by atoms with Gasteiger partial charge < -0.3 is 15.3 Å². The van der Waals surface area contributed by atoms with E-state index in [1.165, 1.54) is 6.07 Å². The molecule has 0 radical (unpaired) electrons. The van der Waals surface area contributed by atoms with E-state index in [2.05, 4.69) is 5.32 Å². The lowest BCUT2D eigenvalue weighted by atomic mass is 10.1. The number of rotatable bonds is 6. The molecule has 2 N–H and O–H groups in total. The van der Waals surface area contributed by atoms with Gasteiger partial charge in [0, 0.05) is 30.9 Å². The molecule has 0 aliphatic heterocycles. The van der Waals surface area contributed by atoms with Crippen LogP contribution in [-0.4, -0.2) is 31.2 Å². The van der Waals surface area contributed by atoms with E-state index < -0.39 is 11.6 Å². The maximum absolute atomic E-state index is 13.8. The molecule has 2 atom stereocenters. The lowest BCUT2D eigenvalue weighted by Crippen LogP contribution is -2.21. The van der Waals surface area contributed by atoms with E-state index in [1.807, 2.05) is 24.1 Å². The van der Waals surface area contributed by atoms with Crippen molar-refractivity contribution in [3.05, 3.63) is 59.7 Å². The van der Waals surface area contributed by atoms with Crippen LogP contribution in [0.2, 0.25) is 0 Å². The predicted octanol–water partition coefficient (Wildman–Crippen LogP) is 3.14. The zero-order chi connectivity index (χ0) is 18.0. The third kappa shape index (κ3) is 3.96. The monoisotopic (exact) mass is 346 g/mol. The lowest BCUT2D eigenvalue weighted by molar-refractivity contribution is -0.117. The summed E-state index contributed by atoms with van der Waals surface area (Å²) in [6.45, 7) is 0.587. The molecule has 1 saturated carbocycles. The predicted molar refractivity (Wildman–Crippen MR) is 92.6 cm³/mol. The molecular weight excluding hydrogens is 326 g/mol. The van der Waals surface area contributed by atoms with E-state index in [9.17, 15) is 13.6 Å². The van der Waals surface area contributed by atoms with Gasteiger partial charge in [-0.2, -0.15) is 0 Å². The molecule has 132 valence electrons. The van der Waals surface area contributed by atoms with Gasteiger partial charge >= 0.3 is 0 Å². The van der Waals surface area contributed by atoms with Crippen LogP contribution in [0, 0.1) is 17.6 Å². The number of likely N-dealkylation sites (N-methyl/N-ethyl adjacent to an activating group) is 1. The minimum atomic E-state index is -0.495. The van der Waals surface area contributed by atoms with Crippen molar-refractivity contribution in [3.8, 4) is 0 Å². The average molecular weight is 346 g/mol. The van der Waals surface area contributed by atoms with Crippen LogP contribution in [0.5, 0.6) is 0 Å². The summed E-state index contributed by atoms with van der Waals surface area (Å²) in [6, 6.07) is 10.6. The van der Waals surface area contributed by atoms with Crippen LogP contribution >= 0.6 is 0 Å². The van der Waals surface area contributed by atoms with Crippen molar-refractivity contribution in [1.82, 2.24) is 0 Å². The van der Waals surface area contributed by atoms with E-state index >= 15 is 0 Å². The highest BCUT2D eigenvalue weighted by Gasteiger charge is 2.45. The Hall–Kier alpha value is -2.47. The maximum Gasteiger partial charge on any atom is 0.228 e. The molecule has 1 amide bonds. The van der Waals surface area contributed by atoms with E-state index in [1.54, 1.807) is 12.1 Å². The van der Waals surface area contributed by atoms with Gasteiger partial charge in [0.2, 0.25) is 5.91 Å². The normalized spacial score (nSPS) is 18.7. The van der Waals surface area contributed by atoms with E-state index in [0.29, 0.717) is 18.7 Å². The Balaban J connectivity index is 1.61. The summed E-state index contributed by atoms with van der Waals surface area (Å²) < 4.78 is 27.1. The van der Waals surface area contributed by atoms with Gasteiger partial charge in [-0.3, -0.25) is 4.79 Å². The minimum absolute atomic E-state index is 0.0642. The number of aliphatic hydroxyl groups is 1. The number of halogens is 2. The number of hydrogen-bond donors (Lipinski definition) is 2. The van der Waals surface area contributed by atoms with Crippen LogP contribution in [-0.2, 0) is 4.79 Å². The highest BCUT2D eigenvalue weighted by Crippen LogP contribution is 2.48. The first-order valence-electron chi connectivity index (χ1n) is 8.17. The van der Waals surface area contributed by atoms with Crippen molar-refractivity contribution in [3.63, 3.8) is 0 Å². The molecule has 25 heavy (non-hydrogen) atoms. The first-order valence-corrected chi connectivity index (χ1v) is 8.17. The number of hydrogen-bond acceptors (Lipinski definition) is 3. The van der Waals surface area contributed by atoms with Crippen molar-refractivity contribution in [2.75, 3.05) is 30.4 Å². The van der Waals surface area contributed by atoms with Crippen molar-refractivity contribution < 1.29 is 18.7 Å². The Morgan fingerprint density at radius 2 is 1.96 bits per heavy atom. The standard InChI is InChI=1S/C19H20F2N2O2/c1-23(8-9-24)14-5-3-13(4-6-14)22-19(25)17-11-15(17)16-10-12(20)2-7-18(16)21/h2-7,10,15,17,24H,8-9,11H2,1H3,(H,22,25). The molecule has 0 saturated heterocycles. The van der Waals surface area contributed by atoms with Crippen LogP contribution in [0.1, 0.15) is 17.9 Å². The van der Waals surface area contributed by atoms with Gasteiger partial charge in [-0.05, 0) is 60.4 Å². The summed E-state index contributed by atoms with van der Waals surface area (Å²) in [7, 11) is 1.87. The molecular formula is C19H20F2N2O2. The third-order valence-corrected chi connectivity index (χ3v) is 4.50. The number of carbonyl (C=O) groups is 1. The second-order valence-electron chi connectivity index (χ2n) is 6.30. The fourth-order valence-corrected chi connectivity index (χ4v) is 2.94. The Morgan fingerprint density at radius 1 is 1.24 bits per heavy atom. The van der Waals surface area contributed by atoms with Crippen molar-refractivity contribution in [2.24, 2.45) is 5.92 Å². The van der Waals surface area contributed by atoms with Gasteiger partial charge in [0.25, 0.3) is 0 Å². The van der Waals surface area contributed by atoms with E-state index in [4.69, 9.17) is 5.11 Å². The molecule has 0 heterocycles. The molecule has 0 spiro atoms. The number of nitrogens with one attached hydrogen (secondary N) is 1. The summed E-state index contributed by atoms with van der Waals surface area (Å²) in [4.78, 5) is 14.2. The zero-order valence-corrected chi connectivity index (χ0v) is 13.9. The Bertz CT molecular complexity index is 765. The van der Waals surface area contributed by atoms with Gasteiger partial charge in [-0.1, -0.05) is 0 Å². The smallest absolute Gasteiger partial charge is 0.228 e. The number of nitrogens with zero attached hydrogens (tertiary/aromatic N) is 1. The van der Waals surface area contributed by atoms with Gasteiger partial charge in [0.15, 0.2) is 0 Å². The molecule has 1 aliphatic rings. The number of aliphatic hydroxyl groups excluding tert-OH is 1. The van der Waals surface area contributed by atoms with Crippen LogP contribution in [0.4, 0.5) is 20.2 Å². The second kappa shape index (κ2) is 7.19. The van der Waals surface area contributed by atoms with Crippen LogP contribution < -0.4 is 10.2 Å². The number of carbonyl (C=O) groups excluding carboxylic acids is 1. The average Bonchev–Trinajstić information content (AvgIpc) is 3.38. The quantitative estimate of drug-likeness (QED) is 0.845. The highest BCUT2D eigenvalue weighted by atomic mass is 19.1. The van der Waals surface area contributed by atoms with E-state index in [-0.39, 0.29) is 29.9 Å². The Labute approximate surface area is 145 Å². The molecule has 1 aliphatic carbocycles. The molecule has 6 heteroatoms. The van der Waals surface area contributed by atoms with Crippen LogP contribution in [0.15, 0.2) is 42.5 Å². The fourth-order valence-electron chi connectivity index (χ4n) is 2.94. The summed E-state index contributed by atoms with van der Waals surface area (Å²) >= 11 is 0. The summed E-state index contributed by atoms with van der Waals surface area (Å²) in [5.74, 6) is -1.77. The van der Waals surface area contributed by atoms with Crippen molar-refractivity contribution >= 4 is 17.3 Å². The van der Waals surface area contributed by atoms with Gasteiger partial charge in [0.05, 0.1) is 6.61 Å². The van der Waals surface area contributed by atoms with Crippen molar-refractivity contribution in [2.45, 2.75) is 12.3 Å². The number of benzene rings is 2. The molecule has 0 aromatic heterocycles. The number of amides is 1. The van der Waals surface area contributed by atoms with Gasteiger partial charge in [-0.25, -0.2) is 8.78 Å². The first-order chi connectivity index (χ1) is 12.0. The minimum Gasteiger partial charge on any atom is -0.395 e. The zero-order valence-electron chi connectivity index (χ0n) is 13.9. The van der Waals surface area contributed by atoms with E-state index in [0.717, 1.165) is 17.8 Å². The number of anilines is 2. The fraction of sp³-hybridized carbons (Fsp3) is 0.316. The summed E-state index contributed by atoms with van der Waals surface area (Å²) in [5.41, 5.74) is 1.84. The van der Waals surface area contributed by atoms with Crippen LogP contribution in [0.25, 0.3) is 0 Å². The SMILES string of the molecule is CN(CCO)c1ccc(NC(=O)C2CC2c2cc(F)ccc2F)cc1. The largest absolute Gasteiger partial charge is 0.395 e. The summed E-state index contributed by atoms with van der Waals surface area (Å²) in [6.07, 6.45) is 0.517. The second-order valence-corrected chi connectivity index (χ2v) is 6.30. The molecule has 1 fully saturated rings. The van der Waals surface area contributed by atoms with Gasteiger partial charge in [0.1, 0.15) is 11.6 Å². The molecule has 2 aromatic carbocycles.